The molecule has 0 rings (SSSR count). The van der Waals surface area contributed by atoms with Crippen molar-refractivity contribution in [2.24, 2.45) is 0 Å². The number of carboxylic acids is 1. The van der Waals surface area contributed by atoms with Crippen LogP contribution in [-0.2, 0) is 19.6 Å². The van der Waals surface area contributed by atoms with Crippen molar-refractivity contribution in [3.63, 3.8) is 0 Å². The summed E-state index contributed by atoms with van der Waals surface area (Å²) in [5.74, 6) is -1.29. The lowest BCUT2D eigenvalue weighted by molar-refractivity contribution is -0.137. The van der Waals surface area contributed by atoms with Crippen molar-refractivity contribution in [3.05, 3.63) is 0 Å². The predicted octanol–water partition coefficient (Wildman–Crippen LogP) is -0.442. The van der Waals surface area contributed by atoms with E-state index in [4.69, 9.17) is 9.84 Å². The highest BCUT2D eigenvalue weighted by molar-refractivity contribution is 7.89. The number of hydrogen-bond donors (Lipinski definition) is 3. The summed E-state index contributed by atoms with van der Waals surface area (Å²) in [5, 5.41) is 18.2. The van der Waals surface area contributed by atoms with E-state index in [-0.39, 0.29) is 25.1 Å². The van der Waals surface area contributed by atoms with Crippen molar-refractivity contribution in [2.45, 2.75) is 31.8 Å². The van der Waals surface area contributed by atoms with Gasteiger partial charge in [0.25, 0.3) is 0 Å². The fourth-order valence-corrected chi connectivity index (χ4v) is 2.36. The van der Waals surface area contributed by atoms with Crippen LogP contribution in [-0.4, -0.2) is 56.2 Å². The smallest absolute Gasteiger partial charge is 0.303 e. The average Bonchev–Trinajstić information content (AvgIpc) is 2.23. The third-order valence-electron chi connectivity index (χ3n) is 2.32. The van der Waals surface area contributed by atoms with Crippen LogP contribution >= 0.6 is 0 Å². The molecule has 0 aromatic heterocycles. The molecule has 18 heavy (non-hydrogen) atoms. The Balaban J connectivity index is 4.05. The highest BCUT2D eigenvalue weighted by Crippen LogP contribution is 2.08. The Morgan fingerprint density at radius 3 is 2.56 bits per heavy atom. The zero-order chi connectivity index (χ0) is 14.2. The van der Waals surface area contributed by atoms with Gasteiger partial charge in [-0.15, -0.1) is 0 Å². The Hall–Kier alpha value is -0.700. The molecule has 108 valence electrons. The first-order chi connectivity index (χ1) is 8.18. The molecular weight excluding hydrogens is 262 g/mol. The van der Waals surface area contributed by atoms with Gasteiger partial charge in [-0.3, -0.25) is 4.79 Å². The van der Waals surface area contributed by atoms with Gasteiger partial charge < -0.3 is 14.9 Å². The first kappa shape index (κ1) is 17.3. The van der Waals surface area contributed by atoms with E-state index in [1.54, 1.807) is 0 Å². The molecule has 0 heterocycles. The van der Waals surface area contributed by atoms with Gasteiger partial charge in [-0.05, 0) is 13.3 Å². The minimum Gasteiger partial charge on any atom is -0.481 e. The van der Waals surface area contributed by atoms with Crippen LogP contribution in [0.5, 0.6) is 0 Å². The molecule has 0 amide bonds. The van der Waals surface area contributed by atoms with Crippen molar-refractivity contribution in [1.29, 1.82) is 0 Å². The third kappa shape index (κ3) is 9.34. The largest absolute Gasteiger partial charge is 0.481 e. The number of aliphatic hydroxyl groups is 1. The predicted molar refractivity (Wildman–Crippen MR) is 65.8 cm³/mol. The Kier molecular flexibility index (Phi) is 7.37. The number of carboxylic acid groups (broad SMARTS) is 1. The molecule has 0 fully saturated rings. The number of ether oxygens (including phenoxy) is 1. The van der Waals surface area contributed by atoms with Crippen LogP contribution in [0.4, 0.5) is 0 Å². The molecule has 0 aromatic carbocycles. The maximum Gasteiger partial charge on any atom is 0.303 e. The van der Waals surface area contributed by atoms with Crippen molar-refractivity contribution < 1.29 is 28.2 Å². The molecule has 0 aliphatic heterocycles. The van der Waals surface area contributed by atoms with Gasteiger partial charge >= 0.3 is 5.97 Å². The van der Waals surface area contributed by atoms with Gasteiger partial charge in [-0.2, -0.15) is 0 Å². The minimum atomic E-state index is -3.55. The molecule has 0 aliphatic rings. The maximum absolute atomic E-state index is 11.5. The second kappa shape index (κ2) is 7.67. The summed E-state index contributed by atoms with van der Waals surface area (Å²) in [6, 6.07) is 0. The van der Waals surface area contributed by atoms with Crippen LogP contribution in [0.2, 0.25) is 0 Å². The van der Waals surface area contributed by atoms with E-state index < -0.39 is 21.6 Å². The molecule has 0 bridgehead atoms. The minimum absolute atomic E-state index is 0.0465. The van der Waals surface area contributed by atoms with Crippen LogP contribution in [0.3, 0.4) is 0 Å². The standard InChI is InChI=1S/C10H21NO6S/c1-10(14,5-6-17-2)8-11-18(15,16)7-3-4-9(12)13/h11,14H,3-8H2,1-2H3,(H,12,13). The summed E-state index contributed by atoms with van der Waals surface area (Å²) < 4.78 is 30.0. The first-order valence-electron chi connectivity index (χ1n) is 5.59. The van der Waals surface area contributed by atoms with E-state index in [2.05, 4.69) is 4.72 Å². The number of hydrogen-bond acceptors (Lipinski definition) is 5. The zero-order valence-corrected chi connectivity index (χ0v) is 11.5. The first-order valence-corrected chi connectivity index (χ1v) is 7.24. The maximum atomic E-state index is 11.5. The summed E-state index contributed by atoms with van der Waals surface area (Å²) in [5.41, 5.74) is -1.18. The Morgan fingerprint density at radius 1 is 1.44 bits per heavy atom. The topological polar surface area (TPSA) is 113 Å². The van der Waals surface area contributed by atoms with Gasteiger partial charge in [0.05, 0.1) is 11.4 Å². The number of methoxy groups -OCH3 is 1. The quantitative estimate of drug-likeness (QED) is 0.501. The Bertz CT molecular complexity index is 351. The van der Waals surface area contributed by atoms with Crippen molar-refractivity contribution >= 4 is 16.0 Å². The van der Waals surface area contributed by atoms with Crippen molar-refractivity contribution in [3.8, 4) is 0 Å². The lowest BCUT2D eigenvalue weighted by Gasteiger charge is -2.23. The van der Waals surface area contributed by atoms with Crippen molar-refractivity contribution in [1.82, 2.24) is 4.72 Å². The highest BCUT2D eigenvalue weighted by Gasteiger charge is 2.22. The van der Waals surface area contributed by atoms with Gasteiger partial charge in [-0.25, -0.2) is 13.1 Å². The number of aliphatic carboxylic acids is 1. The van der Waals surface area contributed by atoms with Crippen LogP contribution in [0.25, 0.3) is 0 Å². The van der Waals surface area contributed by atoms with E-state index in [1.807, 2.05) is 0 Å². The second-order valence-electron chi connectivity index (χ2n) is 4.38. The molecule has 0 spiro atoms. The number of nitrogens with one attached hydrogen (secondary N) is 1. The second-order valence-corrected chi connectivity index (χ2v) is 6.30. The van der Waals surface area contributed by atoms with Crippen LogP contribution in [0, 0.1) is 0 Å². The molecule has 1 unspecified atom stereocenters. The average molecular weight is 283 g/mol. The molecule has 3 N–H and O–H groups in total. The van der Waals surface area contributed by atoms with Crippen molar-refractivity contribution in [2.75, 3.05) is 26.0 Å². The summed E-state index contributed by atoms with van der Waals surface area (Å²) >= 11 is 0. The van der Waals surface area contributed by atoms with Gasteiger partial charge in [0.15, 0.2) is 0 Å². The fourth-order valence-electron chi connectivity index (χ4n) is 1.16. The van der Waals surface area contributed by atoms with Gasteiger partial charge in [-0.1, -0.05) is 0 Å². The van der Waals surface area contributed by atoms with Gasteiger partial charge in [0, 0.05) is 33.1 Å². The summed E-state index contributed by atoms with van der Waals surface area (Å²) in [7, 11) is -2.06. The Morgan fingerprint density at radius 2 is 2.06 bits per heavy atom. The lowest BCUT2D eigenvalue weighted by Crippen LogP contribution is -2.42. The van der Waals surface area contributed by atoms with Crippen LogP contribution in [0.15, 0.2) is 0 Å². The molecule has 0 aliphatic carbocycles. The SMILES string of the molecule is COCCC(C)(O)CNS(=O)(=O)CCCC(=O)O. The van der Waals surface area contributed by atoms with Crippen LogP contribution < -0.4 is 4.72 Å². The van der Waals surface area contributed by atoms with Gasteiger partial charge in [0.2, 0.25) is 10.0 Å². The van der Waals surface area contributed by atoms with E-state index >= 15 is 0 Å². The molecule has 0 aromatic rings. The molecule has 0 saturated heterocycles. The number of sulfonamides is 1. The van der Waals surface area contributed by atoms with E-state index in [9.17, 15) is 18.3 Å². The highest BCUT2D eigenvalue weighted by atomic mass is 32.2. The fraction of sp³-hybridized carbons (Fsp3) is 0.900. The van der Waals surface area contributed by atoms with Gasteiger partial charge in [0.1, 0.15) is 0 Å². The Labute approximate surface area is 107 Å². The summed E-state index contributed by atoms with van der Waals surface area (Å²) in [6.07, 6.45) is 0.160. The molecule has 1 atom stereocenters. The summed E-state index contributed by atoms with van der Waals surface area (Å²) in [6.45, 7) is 1.71. The monoisotopic (exact) mass is 283 g/mol. The lowest BCUT2D eigenvalue weighted by atomic mass is 10.0. The number of rotatable bonds is 10. The summed E-state index contributed by atoms with van der Waals surface area (Å²) in [4.78, 5) is 10.3. The normalized spacial score (nSPS) is 15.3. The molecule has 7 nitrogen and oxygen atoms in total. The zero-order valence-electron chi connectivity index (χ0n) is 10.7. The van der Waals surface area contributed by atoms with Crippen LogP contribution in [0.1, 0.15) is 26.2 Å². The molecule has 0 saturated carbocycles. The van der Waals surface area contributed by atoms with E-state index in [1.165, 1.54) is 14.0 Å². The third-order valence-corrected chi connectivity index (χ3v) is 3.73. The molecular formula is C10H21NO6S. The number of carbonyl (C=O) groups is 1. The molecule has 8 heteroatoms. The molecule has 0 radical (unpaired) electrons. The van der Waals surface area contributed by atoms with E-state index in [0.29, 0.717) is 13.0 Å². The van der Waals surface area contributed by atoms with E-state index in [0.717, 1.165) is 0 Å².